The first-order chi connectivity index (χ1) is 5.38. The van der Waals surface area contributed by atoms with Crippen molar-refractivity contribution in [2.24, 2.45) is 11.8 Å². The van der Waals surface area contributed by atoms with E-state index in [9.17, 15) is 4.79 Å². The average Bonchev–Trinajstić information content (AvgIpc) is 2.77. The molecule has 60 valence electrons. The zero-order valence-corrected chi connectivity index (χ0v) is 6.97. The van der Waals surface area contributed by atoms with Gasteiger partial charge in [-0.25, -0.2) is 0 Å². The molecule has 1 saturated carbocycles. The molecule has 0 aromatic rings. The van der Waals surface area contributed by atoms with Crippen LogP contribution in [0.5, 0.6) is 0 Å². The molecule has 0 aliphatic heterocycles. The third-order valence-corrected chi connectivity index (χ3v) is 1.96. The Morgan fingerprint density at radius 3 is 3.00 bits per heavy atom. The molecule has 0 spiro atoms. The van der Waals surface area contributed by atoms with Crippen molar-refractivity contribution >= 4 is 6.29 Å². The van der Waals surface area contributed by atoms with Gasteiger partial charge in [0.25, 0.3) is 0 Å². The third kappa shape index (κ3) is 2.76. The Hall–Kier alpha value is -0.770. The fourth-order valence-corrected chi connectivity index (χ4v) is 0.999. The molecule has 0 heterocycles. The lowest BCUT2D eigenvalue weighted by Crippen LogP contribution is -1.78. The maximum atomic E-state index is 10.2. The van der Waals surface area contributed by atoms with Crippen molar-refractivity contribution in [3.8, 4) is 11.8 Å². The van der Waals surface area contributed by atoms with Gasteiger partial charge in [0.15, 0.2) is 0 Å². The summed E-state index contributed by atoms with van der Waals surface area (Å²) in [4.78, 5) is 10.2. The first kappa shape index (κ1) is 8.33. The van der Waals surface area contributed by atoms with Crippen LogP contribution >= 0.6 is 0 Å². The summed E-state index contributed by atoms with van der Waals surface area (Å²) in [5.74, 6) is 6.89. The standard InChI is InChI=1S/C10H14O/c1-2-3-4-5-6-9-7-10(9)8-11/h8-10H,2-4,7H2,1H3/t9-,10-/m1/s1. The molecule has 0 radical (unpaired) electrons. The Balaban J connectivity index is 2.09. The fraction of sp³-hybridized carbons (Fsp3) is 0.700. The second-order valence-electron chi connectivity index (χ2n) is 3.07. The van der Waals surface area contributed by atoms with Crippen LogP contribution in [0.4, 0.5) is 0 Å². The zero-order chi connectivity index (χ0) is 8.10. The number of hydrogen-bond acceptors (Lipinski definition) is 1. The number of aldehydes is 1. The molecule has 1 aliphatic carbocycles. The number of carbonyl (C=O) groups is 1. The summed E-state index contributed by atoms with van der Waals surface area (Å²) in [5.41, 5.74) is 0. The maximum Gasteiger partial charge on any atom is 0.124 e. The largest absolute Gasteiger partial charge is 0.303 e. The van der Waals surface area contributed by atoms with E-state index in [1.807, 2.05) is 0 Å². The van der Waals surface area contributed by atoms with Crippen LogP contribution in [0.2, 0.25) is 0 Å². The molecule has 0 aromatic carbocycles. The molecule has 0 saturated heterocycles. The van der Waals surface area contributed by atoms with Crippen LogP contribution in [-0.2, 0) is 4.79 Å². The minimum Gasteiger partial charge on any atom is -0.303 e. The highest BCUT2D eigenvalue weighted by Gasteiger charge is 2.34. The lowest BCUT2D eigenvalue weighted by Gasteiger charge is -1.83. The summed E-state index contributed by atoms with van der Waals surface area (Å²) < 4.78 is 0. The van der Waals surface area contributed by atoms with Crippen LogP contribution in [-0.4, -0.2) is 6.29 Å². The van der Waals surface area contributed by atoms with Crippen LogP contribution in [0.1, 0.15) is 32.6 Å². The minimum atomic E-state index is 0.268. The van der Waals surface area contributed by atoms with Gasteiger partial charge in [0.05, 0.1) is 0 Å². The Morgan fingerprint density at radius 2 is 2.45 bits per heavy atom. The molecular formula is C10H14O. The van der Waals surface area contributed by atoms with Gasteiger partial charge in [-0.1, -0.05) is 19.3 Å². The van der Waals surface area contributed by atoms with Gasteiger partial charge in [-0.15, -0.1) is 5.92 Å². The summed E-state index contributed by atoms with van der Waals surface area (Å²) >= 11 is 0. The van der Waals surface area contributed by atoms with E-state index in [1.54, 1.807) is 0 Å². The summed E-state index contributed by atoms with van der Waals surface area (Å²) in [6.07, 6.45) is 5.42. The smallest absolute Gasteiger partial charge is 0.124 e. The van der Waals surface area contributed by atoms with E-state index in [2.05, 4.69) is 18.8 Å². The Morgan fingerprint density at radius 1 is 1.64 bits per heavy atom. The topological polar surface area (TPSA) is 17.1 Å². The predicted molar refractivity (Wildman–Crippen MR) is 45.0 cm³/mol. The second kappa shape index (κ2) is 4.18. The molecule has 1 rings (SSSR count). The first-order valence-corrected chi connectivity index (χ1v) is 4.32. The van der Waals surface area contributed by atoms with Gasteiger partial charge in [-0.3, -0.25) is 0 Å². The maximum absolute atomic E-state index is 10.2. The molecule has 1 fully saturated rings. The van der Waals surface area contributed by atoms with Gasteiger partial charge < -0.3 is 4.79 Å². The normalized spacial score (nSPS) is 27.0. The number of rotatable bonds is 3. The van der Waals surface area contributed by atoms with Crippen molar-refractivity contribution in [1.82, 2.24) is 0 Å². The fourth-order valence-electron chi connectivity index (χ4n) is 0.999. The summed E-state index contributed by atoms with van der Waals surface area (Å²) in [6, 6.07) is 0. The highest BCUT2D eigenvalue weighted by atomic mass is 16.1. The molecule has 0 N–H and O–H groups in total. The monoisotopic (exact) mass is 150 g/mol. The minimum absolute atomic E-state index is 0.268. The number of hydrogen-bond donors (Lipinski definition) is 0. The van der Waals surface area contributed by atoms with E-state index >= 15 is 0 Å². The Labute approximate surface area is 68.2 Å². The lowest BCUT2D eigenvalue weighted by molar-refractivity contribution is -0.108. The van der Waals surface area contributed by atoms with Gasteiger partial charge >= 0.3 is 0 Å². The van der Waals surface area contributed by atoms with Crippen molar-refractivity contribution in [3.63, 3.8) is 0 Å². The van der Waals surface area contributed by atoms with Crippen LogP contribution in [0, 0.1) is 23.7 Å². The van der Waals surface area contributed by atoms with Crippen LogP contribution in [0.15, 0.2) is 0 Å². The Bertz CT molecular complexity index is 185. The van der Waals surface area contributed by atoms with Crippen LogP contribution < -0.4 is 0 Å². The van der Waals surface area contributed by atoms with Crippen LogP contribution in [0.25, 0.3) is 0 Å². The van der Waals surface area contributed by atoms with E-state index in [4.69, 9.17) is 0 Å². The third-order valence-electron chi connectivity index (χ3n) is 1.96. The quantitative estimate of drug-likeness (QED) is 0.342. The van der Waals surface area contributed by atoms with Gasteiger partial charge in [0, 0.05) is 18.3 Å². The van der Waals surface area contributed by atoms with Crippen molar-refractivity contribution in [2.75, 3.05) is 0 Å². The molecule has 0 bridgehead atoms. The van der Waals surface area contributed by atoms with Crippen molar-refractivity contribution in [1.29, 1.82) is 0 Å². The molecule has 1 heteroatoms. The van der Waals surface area contributed by atoms with E-state index in [0.717, 1.165) is 19.1 Å². The number of carbonyl (C=O) groups excluding carboxylic acids is 1. The second-order valence-corrected chi connectivity index (χ2v) is 3.07. The van der Waals surface area contributed by atoms with E-state index in [1.165, 1.54) is 12.8 Å². The Kier molecular flexibility index (Phi) is 3.16. The van der Waals surface area contributed by atoms with Gasteiger partial charge in [-0.05, 0) is 12.8 Å². The summed E-state index contributed by atoms with van der Waals surface area (Å²) in [5, 5.41) is 0. The zero-order valence-electron chi connectivity index (χ0n) is 6.97. The van der Waals surface area contributed by atoms with Crippen LogP contribution in [0.3, 0.4) is 0 Å². The summed E-state index contributed by atoms with van der Waals surface area (Å²) in [6.45, 7) is 2.16. The number of unbranched alkanes of at least 4 members (excludes halogenated alkanes) is 2. The average molecular weight is 150 g/mol. The molecule has 0 amide bonds. The molecule has 1 nitrogen and oxygen atoms in total. The van der Waals surface area contributed by atoms with Crippen molar-refractivity contribution in [3.05, 3.63) is 0 Å². The highest BCUT2D eigenvalue weighted by Crippen LogP contribution is 2.35. The van der Waals surface area contributed by atoms with E-state index in [0.29, 0.717) is 5.92 Å². The molecule has 11 heavy (non-hydrogen) atoms. The highest BCUT2D eigenvalue weighted by molar-refractivity contribution is 5.59. The van der Waals surface area contributed by atoms with Crippen molar-refractivity contribution in [2.45, 2.75) is 32.6 Å². The molecule has 1 aliphatic rings. The molecule has 2 atom stereocenters. The van der Waals surface area contributed by atoms with Gasteiger partial charge in [0.2, 0.25) is 0 Å². The lowest BCUT2D eigenvalue weighted by atomic mass is 10.2. The van der Waals surface area contributed by atoms with Gasteiger partial charge in [0.1, 0.15) is 6.29 Å². The first-order valence-electron chi connectivity index (χ1n) is 4.32. The SMILES string of the molecule is CCCCC#C[C@@H]1C[C@@H]1C=O. The van der Waals surface area contributed by atoms with Gasteiger partial charge in [-0.2, -0.15) is 0 Å². The van der Waals surface area contributed by atoms with E-state index in [-0.39, 0.29) is 5.92 Å². The molecular weight excluding hydrogens is 136 g/mol. The predicted octanol–water partition coefficient (Wildman–Crippen LogP) is 2.02. The summed E-state index contributed by atoms with van der Waals surface area (Å²) in [7, 11) is 0. The van der Waals surface area contributed by atoms with Crippen molar-refractivity contribution < 1.29 is 4.79 Å². The van der Waals surface area contributed by atoms with E-state index < -0.39 is 0 Å². The molecule has 0 unspecified atom stereocenters. The molecule has 0 aromatic heterocycles.